The molecule has 0 unspecified atom stereocenters. The van der Waals surface area contributed by atoms with Crippen LogP contribution in [0.25, 0.3) is 11.1 Å². The molecule has 0 fully saturated rings. The third-order valence-corrected chi connectivity index (χ3v) is 5.06. The first kappa shape index (κ1) is 18.2. The standard InChI is InChI=1S/C23H22N2O3/c1-23(2,27)20-13-24-12-11-21(20)25-22(26)28-14-19-17-9-5-3-7-15(17)16-8-4-6-10-18(16)19/h3-13,19,27H,14H2,1-2H3,(H,24,25,26). The summed E-state index contributed by atoms with van der Waals surface area (Å²) in [6.45, 7) is 3.53. The van der Waals surface area contributed by atoms with Crippen LogP contribution in [0.2, 0.25) is 0 Å². The van der Waals surface area contributed by atoms with E-state index in [0.717, 1.165) is 11.1 Å². The second-order valence-corrected chi connectivity index (χ2v) is 7.43. The van der Waals surface area contributed by atoms with Crippen LogP contribution in [0, 0.1) is 0 Å². The van der Waals surface area contributed by atoms with Crippen molar-refractivity contribution >= 4 is 11.8 Å². The van der Waals surface area contributed by atoms with Gasteiger partial charge in [-0.3, -0.25) is 10.3 Å². The number of aliphatic hydroxyl groups is 1. The molecule has 3 aromatic rings. The van der Waals surface area contributed by atoms with Crippen molar-refractivity contribution in [2.75, 3.05) is 11.9 Å². The van der Waals surface area contributed by atoms with Crippen molar-refractivity contribution in [3.8, 4) is 11.1 Å². The number of hydrogen-bond acceptors (Lipinski definition) is 4. The number of nitrogens with one attached hydrogen (secondary N) is 1. The van der Waals surface area contributed by atoms with Crippen LogP contribution in [-0.4, -0.2) is 22.8 Å². The Balaban J connectivity index is 1.51. The molecule has 142 valence electrons. The van der Waals surface area contributed by atoms with Gasteiger partial charge in [0.2, 0.25) is 0 Å². The summed E-state index contributed by atoms with van der Waals surface area (Å²) in [5, 5.41) is 13.0. The van der Waals surface area contributed by atoms with E-state index in [0.29, 0.717) is 11.3 Å². The fourth-order valence-corrected chi connectivity index (χ4v) is 3.74. The molecule has 1 aliphatic carbocycles. The van der Waals surface area contributed by atoms with Gasteiger partial charge in [0.1, 0.15) is 6.61 Å². The minimum atomic E-state index is -1.12. The molecule has 1 aliphatic rings. The van der Waals surface area contributed by atoms with Crippen molar-refractivity contribution in [2.24, 2.45) is 0 Å². The van der Waals surface area contributed by atoms with E-state index in [4.69, 9.17) is 4.74 Å². The fraction of sp³-hybridized carbons (Fsp3) is 0.217. The van der Waals surface area contributed by atoms with Gasteiger partial charge in [-0.15, -0.1) is 0 Å². The summed E-state index contributed by atoms with van der Waals surface area (Å²) in [4.78, 5) is 16.5. The summed E-state index contributed by atoms with van der Waals surface area (Å²) in [5.41, 5.74) is 4.59. The zero-order valence-corrected chi connectivity index (χ0v) is 15.8. The highest BCUT2D eigenvalue weighted by atomic mass is 16.5. The molecule has 4 rings (SSSR count). The lowest BCUT2D eigenvalue weighted by atomic mass is 9.98. The summed E-state index contributed by atoms with van der Waals surface area (Å²) in [6, 6.07) is 18.1. The molecular weight excluding hydrogens is 352 g/mol. The number of benzene rings is 2. The Morgan fingerprint density at radius 1 is 1.07 bits per heavy atom. The fourth-order valence-electron chi connectivity index (χ4n) is 3.74. The minimum absolute atomic E-state index is 0.00402. The molecule has 2 N–H and O–H groups in total. The first-order chi connectivity index (χ1) is 13.4. The number of rotatable bonds is 4. The maximum Gasteiger partial charge on any atom is 0.411 e. The molecule has 0 saturated carbocycles. The van der Waals surface area contributed by atoms with E-state index in [1.807, 2.05) is 24.3 Å². The number of ether oxygens (including phenoxy) is 1. The molecule has 0 bridgehead atoms. The SMILES string of the molecule is CC(C)(O)c1cnccc1NC(=O)OCC1c2ccccc2-c2ccccc21. The van der Waals surface area contributed by atoms with E-state index in [-0.39, 0.29) is 12.5 Å². The van der Waals surface area contributed by atoms with Crippen LogP contribution in [0.3, 0.4) is 0 Å². The summed E-state index contributed by atoms with van der Waals surface area (Å²) in [6.07, 6.45) is 2.55. The lowest BCUT2D eigenvalue weighted by molar-refractivity contribution is 0.0789. The van der Waals surface area contributed by atoms with Gasteiger partial charge in [0, 0.05) is 23.9 Å². The highest BCUT2D eigenvalue weighted by molar-refractivity contribution is 5.86. The molecule has 0 radical (unpaired) electrons. The molecule has 1 aromatic heterocycles. The third kappa shape index (κ3) is 3.37. The van der Waals surface area contributed by atoms with Crippen LogP contribution in [0.4, 0.5) is 10.5 Å². The van der Waals surface area contributed by atoms with Crippen LogP contribution >= 0.6 is 0 Å². The quantitative estimate of drug-likeness (QED) is 0.696. The summed E-state index contributed by atoms with van der Waals surface area (Å²) in [5.74, 6) is 0.00402. The Hall–Kier alpha value is -3.18. The Morgan fingerprint density at radius 2 is 1.68 bits per heavy atom. The number of carbonyl (C=O) groups excluding carboxylic acids is 1. The van der Waals surface area contributed by atoms with Gasteiger partial charge < -0.3 is 9.84 Å². The maximum absolute atomic E-state index is 12.4. The highest BCUT2D eigenvalue weighted by Crippen LogP contribution is 2.44. The van der Waals surface area contributed by atoms with E-state index >= 15 is 0 Å². The van der Waals surface area contributed by atoms with Crippen LogP contribution in [0.15, 0.2) is 67.0 Å². The normalized spacial score (nSPS) is 13.0. The zero-order chi connectivity index (χ0) is 19.7. The van der Waals surface area contributed by atoms with Gasteiger partial charge in [-0.2, -0.15) is 0 Å². The molecule has 0 saturated heterocycles. The number of nitrogens with zero attached hydrogens (tertiary/aromatic N) is 1. The van der Waals surface area contributed by atoms with Crippen molar-refractivity contribution in [2.45, 2.75) is 25.4 Å². The van der Waals surface area contributed by atoms with Gasteiger partial charge in [-0.05, 0) is 42.2 Å². The van der Waals surface area contributed by atoms with Crippen molar-refractivity contribution < 1.29 is 14.6 Å². The first-order valence-corrected chi connectivity index (χ1v) is 9.24. The number of amides is 1. The molecule has 28 heavy (non-hydrogen) atoms. The van der Waals surface area contributed by atoms with Crippen LogP contribution in [-0.2, 0) is 10.3 Å². The summed E-state index contributed by atoms with van der Waals surface area (Å²) in [7, 11) is 0. The van der Waals surface area contributed by atoms with Gasteiger partial charge in [-0.1, -0.05) is 48.5 Å². The number of fused-ring (bicyclic) bond motifs is 3. The zero-order valence-electron chi connectivity index (χ0n) is 15.8. The van der Waals surface area contributed by atoms with Crippen molar-refractivity contribution in [1.82, 2.24) is 4.98 Å². The second kappa shape index (κ2) is 7.09. The van der Waals surface area contributed by atoms with Crippen LogP contribution < -0.4 is 5.32 Å². The lowest BCUT2D eigenvalue weighted by Crippen LogP contribution is -2.22. The Morgan fingerprint density at radius 3 is 2.29 bits per heavy atom. The van der Waals surface area contributed by atoms with E-state index in [9.17, 15) is 9.90 Å². The number of hydrogen-bond donors (Lipinski definition) is 2. The average molecular weight is 374 g/mol. The van der Waals surface area contributed by atoms with Gasteiger partial charge in [0.15, 0.2) is 0 Å². The monoisotopic (exact) mass is 374 g/mol. The minimum Gasteiger partial charge on any atom is -0.448 e. The largest absolute Gasteiger partial charge is 0.448 e. The van der Waals surface area contributed by atoms with Gasteiger partial charge in [0.25, 0.3) is 0 Å². The Labute approximate surface area is 164 Å². The highest BCUT2D eigenvalue weighted by Gasteiger charge is 2.29. The molecular formula is C23H22N2O3. The van der Waals surface area contributed by atoms with Crippen LogP contribution in [0.5, 0.6) is 0 Å². The molecule has 5 heteroatoms. The topological polar surface area (TPSA) is 71.5 Å². The molecule has 1 heterocycles. The smallest absolute Gasteiger partial charge is 0.411 e. The lowest BCUT2D eigenvalue weighted by Gasteiger charge is -2.21. The van der Waals surface area contributed by atoms with Gasteiger partial charge in [-0.25, -0.2) is 4.79 Å². The first-order valence-electron chi connectivity index (χ1n) is 9.24. The number of carbonyl (C=O) groups is 1. The van der Waals surface area contributed by atoms with E-state index in [1.165, 1.54) is 11.1 Å². The number of pyridine rings is 1. The predicted molar refractivity (Wildman–Crippen MR) is 108 cm³/mol. The van der Waals surface area contributed by atoms with E-state index in [2.05, 4.69) is 34.6 Å². The molecule has 5 nitrogen and oxygen atoms in total. The molecule has 1 amide bonds. The van der Waals surface area contributed by atoms with Crippen molar-refractivity contribution in [3.05, 3.63) is 83.7 Å². The maximum atomic E-state index is 12.4. The van der Waals surface area contributed by atoms with Gasteiger partial charge in [0.05, 0.1) is 11.3 Å². The van der Waals surface area contributed by atoms with Crippen molar-refractivity contribution in [3.63, 3.8) is 0 Å². The number of aromatic nitrogens is 1. The second-order valence-electron chi connectivity index (χ2n) is 7.43. The van der Waals surface area contributed by atoms with Gasteiger partial charge >= 0.3 is 6.09 Å². The van der Waals surface area contributed by atoms with Crippen LogP contribution in [0.1, 0.15) is 36.5 Å². The van der Waals surface area contributed by atoms with E-state index < -0.39 is 11.7 Å². The predicted octanol–water partition coefficient (Wildman–Crippen LogP) is 4.67. The summed E-state index contributed by atoms with van der Waals surface area (Å²) < 4.78 is 5.56. The Bertz CT molecular complexity index is 979. The molecule has 0 atom stereocenters. The third-order valence-electron chi connectivity index (χ3n) is 5.06. The Kier molecular flexibility index (Phi) is 4.61. The number of anilines is 1. The molecule has 2 aromatic carbocycles. The summed E-state index contributed by atoms with van der Waals surface area (Å²) >= 11 is 0. The molecule has 0 aliphatic heterocycles. The van der Waals surface area contributed by atoms with Crippen molar-refractivity contribution in [1.29, 1.82) is 0 Å². The van der Waals surface area contributed by atoms with E-state index in [1.54, 1.807) is 32.3 Å². The molecule has 0 spiro atoms. The average Bonchev–Trinajstić information content (AvgIpc) is 3.00.